The Labute approximate surface area is 321 Å². The number of rotatable bonds is 18. The van der Waals surface area contributed by atoms with E-state index in [0.29, 0.717) is 12.8 Å². The second-order valence-corrected chi connectivity index (χ2v) is 16.5. The molecule has 2 N–H and O–H groups in total. The third kappa shape index (κ3) is 11.9. The molecule has 2 aliphatic rings. The number of carbonyl (C=O) groups excluding carboxylic acids is 7. The summed E-state index contributed by atoms with van der Waals surface area (Å²) in [4.78, 5) is 99.8. The highest BCUT2D eigenvalue weighted by Crippen LogP contribution is 2.30. The molecule has 2 saturated heterocycles. The number of carbonyl (C=O) groups is 7. The summed E-state index contributed by atoms with van der Waals surface area (Å²) in [7, 11) is 2.98. The monoisotopic (exact) mass is 767 g/mol. The van der Waals surface area contributed by atoms with Crippen LogP contribution in [0.2, 0.25) is 0 Å². The first-order valence-electron chi connectivity index (χ1n) is 19.2. The fraction of sp³-hybridized carbons (Fsp3) is 0.816. The predicted octanol–water partition coefficient (Wildman–Crippen LogP) is 2.79. The van der Waals surface area contributed by atoms with Crippen molar-refractivity contribution in [2.75, 3.05) is 20.6 Å². The van der Waals surface area contributed by atoms with Crippen molar-refractivity contribution in [2.45, 2.75) is 161 Å². The number of likely N-dealkylation sites (N-methyl/N-ethyl adjacent to an activating group) is 2. The molecule has 0 radical (unpaired) electrons. The lowest BCUT2D eigenvalue weighted by atomic mass is 9.96. The summed E-state index contributed by atoms with van der Waals surface area (Å²) in [6, 6.07) is -5.18. The predicted molar refractivity (Wildman–Crippen MR) is 203 cm³/mol. The van der Waals surface area contributed by atoms with E-state index in [4.69, 9.17) is 4.74 Å². The molecule has 6 amide bonds. The van der Waals surface area contributed by atoms with Gasteiger partial charge in [0.1, 0.15) is 30.3 Å². The average molecular weight is 768 g/mol. The highest BCUT2D eigenvalue weighted by Gasteiger charge is 2.49. The average Bonchev–Trinajstić information content (AvgIpc) is 3.59. The number of unbranched alkanes of at least 4 members (excludes halogenated alkanes) is 3. The molecule has 0 unspecified atom stereocenters. The summed E-state index contributed by atoms with van der Waals surface area (Å²) < 4.78 is 5.41. The number of ether oxygens (including phenoxy) is 1. The molecule has 0 bridgehead atoms. The van der Waals surface area contributed by atoms with E-state index < -0.39 is 83.8 Å². The van der Waals surface area contributed by atoms with Crippen LogP contribution in [0.1, 0.15) is 114 Å². The standard InChI is InChI=1S/C38H65N5O9S/c1-12-13-14-15-16-23(6)35(48)40(10)28(17-21(2)3)34(47)39-32(25(8)52-26(9)44)37(50)41(11)33(22(4)5)38(51)42-20-27(45)18-29(42)36(49)43-24(7)30(53)19-31(43)46/h21-25,27-30,32-33,45,53H,12-20H2,1-11H3,(H,39,47)/t23-,24+,25-,27+,28+,29+,30-,32+,33+/m1/s1. The number of β-amino-alcohol motifs (C(OH)–C–C–N with tert-alkyl or cyclic N) is 1. The molecular weight excluding hydrogens is 703 g/mol. The first-order valence-corrected chi connectivity index (χ1v) is 19.7. The number of amides is 6. The van der Waals surface area contributed by atoms with Gasteiger partial charge in [-0.1, -0.05) is 67.2 Å². The number of hydrogen-bond acceptors (Lipinski definition) is 10. The zero-order valence-corrected chi connectivity index (χ0v) is 34.6. The molecule has 0 aromatic rings. The number of esters is 1. The highest BCUT2D eigenvalue weighted by molar-refractivity contribution is 7.81. The lowest BCUT2D eigenvalue weighted by Gasteiger charge is -2.38. The second kappa shape index (κ2) is 20.5. The molecule has 14 nitrogen and oxygen atoms in total. The van der Waals surface area contributed by atoms with Crippen LogP contribution in [-0.4, -0.2) is 134 Å². The maximum absolute atomic E-state index is 14.4. The summed E-state index contributed by atoms with van der Waals surface area (Å²) in [6.07, 6.45) is 2.85. The van der Waals surface area contributed by atoms with Crippen LogP contribution in [0.25, 0.3) is 0 Å². The smallest absolute Gasteiger partial charge is 0.302 e. The molecule has 0 aromatic heterocycles. The molecule has 2 heterocycles. The minimum Gasteiger partial charge on any atom is -0.460 e. The molecule has 0 aliphatic carbocycles. The van der Waals surface area contributed by atoms with Crippen LogP contribution in [0.5, 0.6) is 0 Å². The van der Waals surface area contributed by atoms with Crippen molar-refractivity contribution >= 4 is 54.0 Å². The number of hydrogen-bond donors (Lipinski definition) is 3. The molecule has 302 valence electrons. The van der Waals surface area contributed by atoms with Crippen LogP contribution in [0.3, 0.4) is 0 Å². The van der Waals surface area contributed by atoms with Gasteiger partial charge in [0.25, 0.3) is 5.91 Å². The van der Waals surface area contributed by atoms with Gasteiger partial charge >= 0.3 is 5.97 Å². The lowest BCUT2D eigenvalue weighted by Crippen LogP contribution is -2.62. The number of likely N-dealkylation sites (tertiary alicyclic amines) is 2. The van der Waals surface area contributed by atoms with Crippen LogP contribution >= 0.6 is 12.6 Å². The van der Waals surface area contributed by atoms with Gasteiger partial charge in [-0.15, -0.1) is 0 Å². The molecule has 9 atom stereocenters. The molecule has 2 rings (SSSR count). The number of thiol groups is 1. The van der Waals surface area contributed by atoms with Crippen LogP contribution in [-0.2, 0) is 38.3 Å². The third-order valence-corrected chi connectivity index (χ3v) is 11.1. The Bertz CT molecular complexity index is 1330. The molecule has 53 heavy (non-hydrogen) atoms. The van der Waals surface area contributed by atoms with Crippen LogP contribution < -0.4 is 5.32 Å². The van der Waals surface area contributed by atoms with E-state index in [1.54, 1.807) is 27.8 Å². The highest BCUT2D eigenvalue weighted by atomic mass is 32.1. The summed E-state index contributed by atoms with van der Waals surface area (Å²) in [6.45, 7) is 15.4. The Morgan fingerprint density at radius 1 is 0.981 bits per heavy atom. The normalized spacial score (nSPS) is 23.0. The quantitative estimate of drug-likeness (QED) is 0.0821. The van der Waals surface area contributed by atoms with E-state index in [1.807, 2.05) is 20.8 Å². The molecule has 0 saturated carbocycles. The summed E-state index contributed by atoms with van der Waals surface area (Å²) in [5.41, 5.74) is 0. The van der Waals surface area contributed by atoms with Gasteiger partial charge in [-0.3, -0.25) is 38.5 Å². The van der Waals surface area contributed by atoms with E-state index in [-0.39, 0.29) is 42.4 Å². The minimum atomic E-state index is -1.44. The van der Waals surface area contributed by atoms with Gasteiger partial charge in [0.2, 0.25) is 29.5 Å². The first-order chi connectivity index (χ1) is 24.7. The van der Waals surface area contributed by atoms with E-state index in [9.17, 15) is 38.7 Å². The number of imide groups is 1. The van der Waals surface area contributed by atoms with Crippen LogP contribution in [0, 0.1) is 17.8 Å². The Balaban J connectivity index is 2.41. The van der Waals surface area contributed by atoms with E-state index in [1.165, 1.54) is 35.6 Å². The van der Waals surface area contributed by atoms with Crippen molar-refractivity contribution < 1.29 is 43.4 Å². The summed E-state index contributed by atoms with van der Waals surface area (Å²) in [5.74, 6) is -4.66. The maximum Gasteiger partial charge on any atom is 0.302 e. The van der Waals surface area contributed by atoms with Gasteiger partial charge in [-0.05, 0) is 38.5 Å². The SMILES string of the molecule is CCCCCC[C@@H](C)C(=O)N(C)[C@@H](CC(C)C)C(=O)N[C@H](C(=O)N(C)[C@H](C(=O)N1C[C@@H](O)C[C@H]1C(=O)N1C(=O)C[C@@H](S)[C@@H]1C)C(C)C)[C@@H](C)OC(C)=O. The van der Waals surface area contributed by atoms with Gasteiger partial charge in [-0.25, -0.2) is 0 Å². The minimum absolute atomic E-state index is 0.00970. The Morgan fingerprint density at radius 2 is 1.60 bits per heavy atom. The number of nitrogens with zero attached hydrogens (tertiary/aromatic N) is 4. The molecule has 2 fully saturated rings. The second-order valence-electron chi connectivity index (χ2n) is 15.8. The lowest BCUT2D eigenvalue weighted by molar-refractivity contribution is -0.157. The topological polar surface area (TPSA) is 174 Å². The van der Waals surface area contributed by atoms with Crippen molar-refractivity contribution in [1.82, 2.24) is 24.9 Å². The van der Waals surface area contributed by atoms with Gasteiger partial charge < -0.3 is 29.9 Å². The van der Waals surface area contributed by atoms with Crippen LogP contribution in [0.4, 0.5) is 0 Å². The Hall–Kier alpha value is -3.20. The van der Waals surface area contributed by atoms with Crippen molar-refractivity contribution in [1.29, 1.82) is 0 Å². The van der Waals surface area contributed by atoms with Crippen molar-refractivity contribution in [3.05, 3.63) is 0 Å². The third-order valence-electron chi connectivity index (χ3n) is 10.5. The van der Waals surface area contributed by atoms with Crippen LogP contribution in [0.15, 0.2) is 0 Å². The zero-order valence-electron chi connectivity index (χ0n) is 33.7. The van der Waals surface area contributed by atoms with E-state index >= 15 is 0 Å². The first kappa shape index (κ1) is 46.0. The maximum atomic E-state index is 14.4. The fourth-order valence-electron chi connectivity index (χ4n) is 7.40. The van der Waals surface area contributed by atoms with Gasteiger partial charge in [-0.2, -0.15) is 12.6 Å². The van der Waals surface area contributed by atoms with Crippen molar-refractivity contribution in [3.8, 4) is 0 Å². The van der Waals surface area contributed by atoms with Gasteiger partial charge in [0, 0.05) is 57.6 Å². The number of aliphatic hydroxyl groups is 1. The molecular formula is C38H65N5O9S. The van der Waals surface area contributed by atoms with Crippen molar-refractivity contribution in [3.63, 3.8) is 0 Å². The zero-order chi connectivity index (χ0) is 40.5. The number of aliphatic hydroxyl groups excluding tert-OH is 1. The van der Waals surface area contributed by atoms with E-state index in [0.717, 1.165) is 30.6 Å². The summed E-state index contributed by atoms with van der Waals surface area (Å²) in [5, 5.41) is 13.0. The molecule has 0 spiro atoms. The number of nitrogens with one attached hydrogen (secondary N) is 1. The Morgan fingerprint density at radius 3 is 2.11 bits per heavy atom. The van der Waals surface area contributed by atoms with Gasteiger partial charge in [0.05, 0.1) is 6.10 Å². The Kier molecular flexibility index (Phi) is 17.8. The van der Waals surface area contributed by atoms with Gasteiger partial charge in [0.15, 0.2) is 0 Å². The molecule has 15 heteroatoms. The fourth-order valence-corrected chi connectivity index (χ4v) is 7.69. The van der Waals surface area contributed by atoms with Crippen molar-refractivity contribution in [2.24, 2.45) is 17.8 Å². The molecule has 2 aliphatic heterocycles. The molecule has 0 aromatic carbocycles. The van der Waals surface area contributed by atoms with E-state index in [2.05, 4.69) is 24.9 Å². The summed E-state index contributed by atoms with van der Waals surface area (Å²) >= 11 is 4.42. The largest absolute Gasteiger partial charge is 0.460 e.